The minimum Gasteiger partial charge on any atom is -0.474 e. The van der Waals surface area contributed by atoms with Gasteiger partial charge in [0.1, 0.15) is 6.10 Å². The van der Waals surface area contributed by atoms with Crippen molar-refractivity contribution in [3.8, 4) is 5.88 Å². The van der Waals surface area contributed by atoms with Crippen LogP contribution in [-0.4, -0.2) is 30.2 Å². The molecule has 0 spiro atoms. The number of hydrogen-bond acceptors (Lipinski definition) is 4. The highest BCUT2D eigenvalue weighted by Gasteiger charge is 2.17. The molecule has 1 aliphatic heterocycles. The first-order valence-electron chi connectivity index (χ1n) is 8.18. The Morgan fingerprint density at radius 1 is 1.23 bits per heavy atom. The highest BCUT2D eigenvalue weighted by molar-refractivity contribution is 5.97. The second-order valence-corrected chi connectivity index (χ2v) is 6.34. The molecular formula is C18H25N3O. The van der Waals surface area contributed by atoms with Crippen LogP contribution in [-0.2, 0) is 0 Å². The maximum atomic E-state index is 6.23. The van der Waals surface area contributed by atoms with Gasteiger partial charge in [-0.05, 0) is 64.9 Å². The van der Waals surface area contributed by atoms with Crippen LogP contribution >= 0.6 is 0 Å². The summed E-state index contributed by atoms with van der Waals surface area (Å²) in [6, 6.07) is 8.82. The zero-order valence-electron chi connectivity index (χ0n) is 13.6. The lowest BCUT2D eigenvalue weighted by Gasteiger charge is -2.24. The van der Waals surface area contributed by atoms with Crippen LogP contribution < -0.4 is 15.4 Å². The second kappa shape index (κ2) is 6.53. The van der Waals surface area contributed by atoms with E-state index in [1.807, 2.05) is 6.92 Å². The fourth-order valence-corrected chi connectivity index (χ4v) is 2.97. The summed E-state index contributed by atoms with van der Waals surface area (Å²) in [5.41, 5.74) is 2.14. The van der Waals surface area contributed by atoms with Crippen LogP contribution in [0.15, 0.2) is 24.3 Å². The van der Waals surface area contributed by atoms with E-state index in [4.69, 9.17) is 4.74 Å². The largest absolute Gasteiger partial charge is 0.474 e. The van der Waals surface area contributed by atoms with Gasteiger partial charge in [0, 0.05) is 28.2 Å². The Morgan fingerprint density at radius 2 is 2.00 bits per heavy atom. The van der Waals surface area contributed by atoms with Gasteiger partial charge in [0.25, 0.3) is 0 Å². The molecule has 1 fully saturated rings. The average molecular weight is 299 g/mol. The molecule has 0 aliphatic carbocycles. The molecule has 1 aromatic carbocycles. The van der Waals surface area contributed by atoms with E-state index in [-0.39, 0.29) is 6.10 Å². The third-order valence-corrected chi connectivity index (χ3v) is 3.98. The first-order chi connectivity index (χ1) is 10.6. The maximum Gasteiger partial charge on any atom is 0.221 e. The van der Waals surface area contributed by atoms with Gasteiger partial charge in [-0.2, -0.15) is 0 Å². The molecule has 118 valence electrons. The number of piperidine rings is 1. The van der Waals surface area contributed by atoms with Crippen LogP contribution in [0.4, 0.5) is 5.69 Å². The highest BCUT2D eigenvalue weighted by Crippen LogP contribution is 2.31. The number of fused-ring (bicyclic) bond motifs is 1. The maximum absolute atomic E-state index is 6.23. The molecule has 1 saturated heterocycles. The smallest absolute Gasteiger partial charge is 0.221 e. The van der Waals surface area contributed by atoms with Crippen molar-refractivity contribution < 1.29 is 4.74 Å². The van der Waals surface area contributed by atoms with Crippen molar-refractivity contribution in [2.24, 2.45) is 0 Å². The summed E-state index contributed by atoms with van der Waals surface area (Å²) in [5.74, 6) is 0.773. The topological polar surface area (TPSA) is 46.2 Å². The van der Waals surface area contributed by atoms with E-state index in [2.05, 4.69) is 53.7 Å². The number of aryl methyl sites for hydroxylation is 1. The molecule has 22 heavy (non-hydrogen) atoms. The Labute approximate surface area is 132 Å². The molecule has 0 radical (unpaired) electrons. The number of hydrogen-bond donors (Lipinski definition) is 2. The average Bonchev–Trinajstić information content (AvgIpc) is 2.48. The van der Waals surface area contributed by atoms with E-state index in [0.717, 1.165) is 48.6 Å². The number of rotatable bonds is 4. The molecule has 2 aromatic rings. The molecule has 3 rings (SSSR count). The lowest BCUT2D eigenvalue weighted by Crippen LogP contribution is -2.34. The van der Waals surface area contributed by atoms with Crippen LogP contribution in [0.1, 0.15) is 32.4 Å². The van der Waals surface area contributed by atoms with E-state index < -0.39 is 0 Å². The van der Waals surface area contributed by atoms with Crippen molar-refractivity contribution in [3.05, 3.63) is 30.0 Å². The third-order valence-electron chi connectivity index (χ3n) is 3.98. The number of nitrogens with zero attached hydrogens (tertiary/aromatic N) is 1. The summed E-state index contributed by atoms with van der Waals surface area (Å²) in [5, 5.41) is 9.16. The number of pyridine rings is 1. The number of benzene rings is 1. The van der Waals surface area contributed by atoms with Crippen molar-refractivity contribution in [1.82, 2.24) is 10.3 Å². The standard InChI is InChI=1S/C18H25N3O/c1-12(2)20-17-6-4-5-15-16(17)11-13(3)21-18(15)22-14-7-9-19-10-8-14/h4-6,11-12,14,19-20H,7-10H2,1-3H3. The second-order valence-electron chi connectivity index (χ2n) is 6.34. The van der Waals surface area contributed by atoms with Gasteiger partial charge in [0.15, 0.2) is 0 Å². The lowest BCUT2D eigenvalue weighted by molar-refractivity contribution is 0.158. The molecule has 4 heteroatoms. The van der Waals surface area contributed by atoms with Crippen LogP contribution in [0.25, 0.3) is 10.8 Å². The molecule has 4 nitrogen and oxygen atoms in total. The number of aromatic nitrogens is 1. The molecule has 0 bridgehead atoms. The molecule has 1 aliphatic rings. The molecule has 0 unspecified atom stereocenters. The molecule has 1 aromatic heterocycles. The van der Waals surface area contributed by atoms with Gasteiger partial charge >= 0.3 is 0 Å². The Hall–Kier alpha value is -1.81. The predicted octanol–water partition coefficient (Wildman–Crippen LogP) is 3.49. The van der Waals surface area contributed by atoms with Gasteiger partial charge in [-0.15, -0.1) is 0 Å². The van der Waals surface area contributed by atoms with Gasteiger partial charge < -0.3 is 15.4 Å². The van der Waals surface area contributed by atoms with E-state index in [1.54, 1.807) is 0 Å². The third kappa shape index (κ3) is 3.33. The van der Waals surface area contributed by atoms with Crippen molar-refractivity contribution in [2.45, 2.75) is 45.8 Å². The Bertz CT molecular complexity index is 648. The van der Waals surface area contributed by atoms with Crippen LogP contribution in [0.2, 0.25) is 0 Å². The summed E-state index contributed by atoms with van der Waals surface area (Å²) < 4.78 is 6.23. The Morgan fingerprint density at radius 3 is 2.73 bits per heavy atom. The van der Waals surface area contributed by atoms with Gasteiger partial charge in [0.05, 0.1) is 0 Å². The van der Waals surface area contributed by atoms with Gasteiger partial charge in [-0.1, -0.05) is 6.07 Å². The first-order valence-corrected chi connectivity index (χ1v) is 8.18. The van der Waals surface area contributed by atoms with Crippen molar-refractivity contribution in [2.75, 3.05) is 18.4 Å². The number of ether oxygens (including phenoxy) is 1. The SMILES string of the molecule is Cc1cc2c(NC(C)C)cccc2c(OC2CCNCC2)n1. The van der Waals surface area contributed by atoms with Crippen molar-refractivity contribution in [1.29, 1.82) is 0 Å². The van der Waals surface area contributed by atoms with Crippen molar-refractivity contribution >= 4 is 16.5 Å². The predicted molar refractivity (Wildman–Crippen MR) is 91.8 cm³/mol. The minimum atomic E-state index is 0.264. The monoisotopic (exact) mass is 299 g/mol. The fraction of sp³-hybridized carbons (Fsp3) is 0.500. The zero-order chi connectivity index (χ0) is 15.5. The van der Waals surface area contributed by atoms with Gasteiger partial charge in [-0.25, -0.2) is 4.98 Å². The normalized spacial score (nSPS) is 16.2. The zero-order valence-corrected chi connectivity index (χ0v) is 13.6. The van der Waals surface area contributed by atoms with E-state index in [9.17, 15) is 0 Å². The molecule has 0 amide bonds. The first kappa shape index (κ1) is 15.1. The van der Waals surface area contributed by atoms with Crippen LogP contribution in [0, 0.1) is 6.92 Å². The number of nitrogens with one attached hydrogen (secondary N) is 2. The van der Waals surface area contributed by atoms with Gasteiger partial charge in [-0.3, -0.25) is 0 Å². The quantitative estimate of drug-likeness (QED) is 0.907. The fourth-order valence-electron chi connectivity index (χ4n) is 2.97. The van der Waals surface area contributed by atoms with E-state index >= 15 is 0 Å². The van der Waals surface area contributed by atoms with Crippen LogP contribution in [0.3, 0.4) is 0 Å². The molecule has 2 heterocycles. The molecule has 0 atom stereocenters. The Balaban J connectivity index is 1.98. The molecule has 2 N–H and O–H groups in total. The van der Waals surface area contributed by atoms with Crippen LogP contribution in [0.5, 0.6) is 5.88 Å². The summed E-state index contributed by atoms with van der Waals surface area (Å²) in [4.78, 5) is 4.65. The van der Waals surface area contributed by atoms with E-state index in [1.165, 1.54) is 5.39 Å². The molecule has 0 saturated carbocycles. The van der Waals surface area contributed by atoms with Crippen molar-refractivity contribution in [3.63, 3.8) is 0 Å². The van der Waals surface area contributed by atoms with E-state index in [0.29, 0.717) is 6.04 Å². The Kier molecular flexibility index (Phi) is 4.48. The minimum absolute atomic E-state index is 0.264. The number of anilines is 1. The summed E-state index contributed by atoms with van der Waals surface area (Å²) in [7, 11) is 0. The highest BCUT2D eigenvalue weighted by atomic mass is 16.5. The summed E-state index contributed by atoms with van der Waals surface area (Å²) in [6.07, 6.45) is 2.35. The molecular weight excluding hydrogens is 274 g/mol. The summed E-state index contributed by atoms with van der Waals surface area (Å²) in [6.45, 7) is 8.38. The van der Waals surface area contributed by atoms with Gasteiger partial charge in [0.2, 0.25) is 5.88 Å². The summed E-state index contributed by atoms with van der Waals surface area (Å²) >= 11 is 0. The lowest BCUT2D eigenvalue weighted by atomic mass is 10.1.